The molecule has 0 heterocycles. The molecule has 0 radical (unpaired) electrons. The minimum absolute atomic E-state index is 0.0871. The van der Waals surface area contributed by atoms with Crippen molar-refractivity contribution in [3.8, 4) is 0 Å². The van der Waals surface area contributed by atoms with Crippen LogP contribution >= 0.6 is 0 Å². The molecular weight excluding hydrogens is 235 g/mol. The molecule has 1 aromatic rings. The maximum absolute atomic E-state index is 13.2. The van der Waals surface area contributed by atoms with Crippen LogP contribution in [0.2, 0.25) is 0 Å². The number of carbonyl (C=O) groups is 1. The lowest BCUT2D eigenvalue weighted by Crippen LogP contribution is -2.33. The van der Waals surface area contributed by atoms with E-state index in [2.05, 4.69) is 0 Å². The summed E-state index contributed by atoms with van der Waals surface area (Å²) in [4.78, 5) is 13.6. The van der Waals surface area contributed by atoms with Gasteiger partial charge in [-0.25, -0.2) is 4.39 Å². The lowest BCUT2D eigenvalue weighted by Gasteiger charge is -2.22. The highest BCUT2D eigenvalue weighted by molar-refractivity contribution is 5.93. The zero-order valence-corrected chi connectivity index (χ0v) is 10.6. The van der Waals surface area contributed by atoms with Crippen molar-refractivity contribution in [2.45, 2.75) is 12.8 Å². The lowest BCUT2D eigenvalue weighted by molar-refractivity contribution is -0.119. The average molecular weight is 254 g/mol. The Hall–Kier alpha value is -1.46. The van der Waals surface area contributed by atoms with Crippen molar-refractivity contribution in [1.29, 1.82) is 0 Å². The fraction of sp³-hybridized carbons (Fsp3) is 0.462. The highest BCUT2D eigenvalue weighted by Crippen LogP contribution is 2.17. The number of ether oxygens (including phenoxy) is 1. The summed E-state index contributed by atoms with van der Waals surface area (Å²) in [6.07, 6.45) is 0.951. The third kappa shape index (κ3) is 4.43. The van der Waals surface area contributed by atoms with Gasteiger partial charge in [-0.1, -0.05) is 6.07 Å². The molecule has 100 valence electrons. The molecule has 1 rings (SSSR count). The zero-order chi connectivity index (χ0) is 13.4. The molecule has 1 amide bonds. The van der Waals surface area contributed by atoms with E-state index >= 15 is 0 Å². The fourth-order valence-electron chi connectivity index (χ4n) is 1.62. The van der Waals surface area contributed by atoms with Gasteiger partial charge in [0.05, 0.1) is 13.0 Å². The number of halogens is 1. The van der Waals surface area contributed by atoms with Crippen molar-refractivity contribution in [2.75, 3.05) is 31.7 Å². The van der Waals surface area contributed by atoms with Crippen molar-refractivity contribution in [2.24, 2.45) is 5.73 Å². The van der Waals surface area contributed by atoms with Gasteiger partial charge in [-0.15, -0.1) is 0 Å². The summed E-state index contributed by atoms with van der Waals surface area (Å²) in [5, 5.41) is 0. The fourth-order valence-corrected chi connectivity index (χ4v) is 1.62. The van der Waals surface area contributed by atoms with Gasteiger partial charge in [0, 0.05) is 19.3 Å². The zero-order valence-electron chi connectivity index (χ0n) is 10.6. The number of nitrogens with zero attached hydrogens (tertiary/aromatic N) is 1. The minimum Gasteiger partial charge on any atom is -0.384 e. The number of anilines is 1. The second-order valence-electron chi connectivity index (χ2n) is 3.91. The van der Waals surface area contributed by atoms with E-state index < -0.39 is 0 Å². The van der Waals surface area contributed by atoms with Gasteiger partial charge in [-0.3, -0.25) is 4.79 Å². The van der Waals surface area contributed by atoms with Crippen LogP contribution in [0, 0.1) is 5.82 Å². The summed E-state index contributed by atoms with van der Waals surface area (Å²) in [6.45, 7) is 1.33. The number of hydrogen-bond donors (Lipinski definition) is 1. The monoisotopic (exact) mass is 254 g/mol. The first-order valence-corrected chi connectivity index (χ1v) is 5.94. The molecule has 4 nitrogen and oxygen atoms in total. The van der Waals surface area contributed by atoms with E-state index in [4.69, 9.17) is 10.5 Å². The Morgan fingerprint density at radius 2 is 2.28 bits per heavy atom. The first kappa shape index (κ1) is 14.6. The minimum atomic E-state index is -0.357. The quantitative estimate of drug-likeness (QED) is 0.803. The molecule has 2 N–H and O–H groups in total. The van der Waals surface area contributed by atoms with Crippen LogP contribution in [0.4, 0.5) is 10.1 Å². The lowest BCUT2D eigenvalue weighted by atomic mass is 10.2. The van der Waals surface area contributed by atoms with Crippen LogP contribution in [-0.4, -0.2) is 32.7 Å². The number of benzene rings is 1. The molecule has 18 heavy (non-hydrogen) atoms. The summed E-state index contributed by atoms with van der Waals surface area (Å²) in [6, 6.07) is 6.00. The Morgan fingerprint density at radius 3 is 2.89 bits per heavy atom. The number of rotatable bonds is 7. The number of methoxy groups -OCH3 is 1. The van der Waals surface area contributed by atoms with E-state index in [9.17, 15) is 9.18 Å². The summed E-state index contributed by atoms with van der Waals surface area (Å²) in [7, 11) is 1.54. The summed E-state index contributed by atoms with van der Waals surface area (Å²) >= 11 is 0. The van der Waals surface area contributed by atoms with Crippen LogP contribution in [0.3, 0.4) is 0 Å². The Bertz CT molecular complexity index is 385. The smallest absolute Gasteiger partial charge is 0.229 e. The van der Waals surface area contributed by atoms with E-state index in [0.29, 0.717) is 31.8 Å². The molecule has 0 bridgehead atoms. The van der Waals surface area contributed by atoms with Gasteiger partial charge in [0.15, 0.2) is 0 Å². The maximum atomic E-state index is 13.2. The van der Waals surface area contributed by atoms with Crippen molar-refractivity contribution < 1.29 is 13.9 Å². The summed E-state index contributed by atoms with van der Waals surface area (Å²) in [5.41, 5.74) is 6.01. The first-order valence-electron chi connectivity index (χ1n) is 5.94. The van der Waals surface area contributed by atoms with Gasteiger partial charge in [-0.2, -0.15) is 0 Å². The van der Waals surface area contributed by atoms with Gasteiger partial charge in [-0.05, 0) is 31.2 Å². The molecule has 0 aromatic heterocycles. The molecular formula is C13H19FN2O2. The first-order chi connectivity index (χ1) is 8.69. The van der Waals surface area contributed by atoms with Crippen LogP contribution < -0.4 is 10.6 Å². The molecule has 0 unspecified atom stereocenters. The largest absolute Gasteiger partial charge is 0.384 e. The molecule has 0 aliphatic rings. The van der Waals surface area contributed by atoms with E-state index in [1.54, 1.807) is 24.1 Å². The van der Waals surface area contributed by atoms with E-state index in [-0.39, 0.29) is 18.1 Å². The number of amides is 1. The van der Waals surface area contributed by atoms with Crippen molar-refractivity contribution in [1.82, 2.24) is 0 Å². The normalized spacial score (nSPS) is 10.4. The van der Waals surface area contributed by atoms with E-state index in [1.807, 2.05) is 0 Å². The molecule has 0 aliphatic heterocycles. The molecule has 5 heteroatoms. The van der Waals surface area contributed by atoms with E-state index in [0.717, 1.165) is 0 Å². The van der Waals surface area contributed by atoms with Crippen molar-refractivity contribution in [3.63, 3.8) is 0 Å². The predicted molar refractivity (Wildman–Crippen MR) is 68.9 cm³/mol. The standard InChI is InChI=1S/C13H19FN2O2/c1-18-9-6-13(17)16(8-3-7-15)12-5-2-4-11(14)10-12/h2,4-5,10H,3,6-9,15H2,1H3. The van der Waals surface area contributed by atoms with Crippen LogP contribution in [0.25, 0.3) is 0 Å². The highest BCUT2D eigenvalue weighted by Gasteiger charge is 2.15. The Labute approximate surface area is 107 Å². The molecule has 0 fully saturated rings. The van der Waals surface area contributed by atoms with Gasteiger partial charge < -0.3 is 15.4 Å². The molecule has 0 atom stereocenters. The van der Waals surface area contributed by atoms with Gasteiger partial charge in [0.2, 0.25) is 5.91 Å². The average Bonchev–Trinajstić information content (AvgIpc) is 2.37. The molecule has 0 saturated heterocycles. The molecule has 0 aliphatic carbocycles. The summed E-state index contributed by atoms with van der Waals surface area (Å²) < 4.78 is 18.1. The Kier molecular flexibility index (Phi) is 6.32. The van der Waals surface area contributed by atoms with E-state index in [1.165, 1.54) is 12.1 Å². The van der Waals surface area contributed by atoms with Crippen LogP contribution in [0.5, 0.6) is 0 Å². The van der Waals surface area contributed by atoms with Crippen LogP contribution in [-0.2, 0) is 9.53 Å². The number of carbonyl (C=O) groups excluding carboxylic acids is 1. The van der Waals surface area contributed by atoms with Gasteiger partial charge in [0.1, 0.15) is 5.82 Å². The number of hydrogen-bond acceptors (Lipinski definition) is 3. The molecule has 1 aromatic carbocycles. The summed E-state index contributed by atoms with van der Waals surface area (Å²) in [5.74, 6) is -0.444. The predicted octanol–water partition coefficient (Wildman–Crippen LogP) is 1.54. The third-order valence-corrected chi connectivity index (χ3v) is 2.53. The SMILES string of the molecule is COCCC(=O)N(CCCN)c1cccc(F)c1. The maximum Gasteiger partial charge on any atom is 0.229 e. The van der Waals surface area contributed by atoms with Crippen molar-refractivity contribution >= 4 is 11.6 Å². The van der Waals surface area contributed by atoms with Crippen LogP contribution in [0.1, 0.15) is 12.8 Å². The second-order valence-corrected chi connectivity index (χ2v) is 3.91. The molecule has 0 spiro atoms. The van der Waals surface area contributed by atoms with Gasteiger partial charge >= 0.3 is 0 Å². The highest BCUT2D eigenvalue weighted by atomic mass is 19.1. The Balaban J connectivity index is 2.80. The second kappa shape index (κ2) is 7.79. The number of nitrogens with two attached hydrogens (primary N) is 1. The topological polar surface area (TPSA) is 55.6 Å². The van der Waals surface area contributed by atoms with Gasteiger partial charge in [0.25, 0.3) is 0 Å². The Morgan fingerprint density at radius 1 is 1.50 bits per heavy atom. The molecule has 0 saturated carbocycles. The third-order valence-electron chi connectivity index (χ3n) is 2.53. The van der Waals surface area contributed by atoms with Crippen molar-refractivity contribution in [3.05, 3.63) is 30.1 Å². The van der Waals surface area contributed by atoms with Crippen LogP contribution in [0.15, 0.2) is 24.3 Å².